The van der Waals surface area contributed by atoms with Crippen molar-refractivity contribution in [3.8, 4) is 17.2 Å². The third-order valence-corrected chi connectivity index (χ3v) is 5.14. The zero-order valence-corrected chi connectivity index (χ0v) is 16.7. The molecule has 2 N–H and O–H groups in total. The lowest BCUT2D eigenvalue weighted by Gasteiger charge is -2.09. The zero-order valence-electron chi connectivity index (χ0n) is 16.7. The van der Waals surface area contributed by atoms with Gasteiger partial charge >= 0.3 is 5.69 Å². The first-order valence-corrected chi connectivity index (χ1v) is 9.86. The molecule has 0 spiro atoms. The number of nitrogens with one attached hydrogen (secondary N) is 2. The Labute approximate surface area is 176 Å². The molecule has 0 unspecified atom stereocenters. The van der Waals surface area contributed by atoms with E-state index in [2.05, 4.69) is 20.3 Å². The van der Waals surface area contributed by atoms with Crippen LogP contribution in [0.25, 0.3) is 16.7 Å². The monoisotopic (exact) mass is 417 g/mol. The van der Waals surface area contributed by atoms with Crippen LogP contribution in [0.2, 0.25) is 0 Å². The van der Waals surface area contributed by atoms with Crippen molar-refractivity contribution in [1.29, 1.82) is 0 Å². The van der Waals surface area contributed by atoms with Crippen molar-refractivity contribution in [2.75, 3.05) is 12.1 Å². The van der Waals surface area contributed by atoms with Crippen LogP contribution in [-0.4, -0.2) is 26.3 Å². The standard InChI is InChI=1S/C22H19N5O4/c1-2-13-3-6-15(7-4-13)27-20(28)16-11-24-21(25-19(16)26-22(27)29)23-10-14-5-8-17-18(9-14)31-12-30-17/h3-9,11H,2,10,12H2,1H3,(H2,23,24,25,26,29). The average Bonchev–Trinajstić information content (AvgIpc) is 3.26. The molecule has 0 fully saturated rings. The van der Waals surface area contributed by atoms with E-state index in [-0.39, 0.29) is 17.8 Å². The lowest BCUT2D eigenvalue weighted by molar-refractivity contribution is 0.174. The highest BCUT2D eigenvalue weighted by molar-refractivity contribution is 5.73. The van der Waals surface area contributed by atoms with E-state index >= 15 is 0 Å². The number of aryl methyl sites for hydroxylation is 1. The fourth-order valence-corrected chi connectivity index (χ4v) is 3.44. The SMILES string of the molecule is CCc1ccc(-n2c(=O)[nH]c3nc(NCc4ccc5c(c4)OCO5)ncc3c2=O)cc1. The minimum absolute atomic E-state index is 0.180. The van der Waals surface area contributed by atoms with E-state index in [1.165, 1.54) is 6.20 Å². The molecule has 0 saturated carbocycles. The minimum Gasteiger partial charge on any atom is -0.454 e. The van der Waals surface area contributed by atoms with Gasteiger partial charge in [0.25, 0.3) is 5.56 Å². The van der Waals surface area contributed by atoms with Crippen LogP contribution in [0.1, 0.15) is 18.1 Å². The van der Waals surface area contributed by atoms with Gasteiger partial charge in [0.1, 0.15) is 5.39 Å². The van der Waals surface area contributed by atoms with Crippen LogP contribution in [0, 0.1) is 0 Å². The summed E-state index contributed by atoms with van der Waals surface area (Å²) in [7, 11) is 0. The van der Waals surface area contributed by atoms with E-state index in [0.717, 1.165) is 22.1 Å². The Morgan fingerprint density at radius 2 is 1.84 bits per heavy atom. The fourth-order valence-electron chi connectivity index (χ4n) is 3.44. The maximum Gasteiger partial charge on any atom is 0.334 e. The molecule has 0 radical (unpaired) electrons. The highest BCUT2D eigenvalue weighted by atomic mass is 16.7. The molecule has 4 aromatic rings. The van der Waals surface area contributed by atoms with Gasteiger partial charge in [-0.15, -0.1) is 0 Å². The number of fused-ring (bicyclic) bond motifs is 2. The first-order chi connectivity index (χ1) is 15.1. The molecular formula is C22H19N5O4. The van der Waals surface area contributed by atoms with Gasteiger partial charge in [-0.25, -0.2) is 14.3 Å². The van der Waals surface area contributed by atoms with E-state index in [9.17, 15) is 9.59 Å². The Balaban J connectivity index is 1.43. The molecule has 9 heteroatoms. The second-order valence-corrected chi connectivity index (χ2v) is 7.09. The maximum atomic E-state index is 12.9. The number of aromatic amines is 1. The van der Waals surface area contributed by atoms with Gasteiger partial charge in [-0.05, 0) is 41.8 Å². The molecule has 0 saturated heterocycles. The van der Waals surface area contributed by atoms with Crippen molar-refractivity contribution < 1.29 is 9.47 Å². The predicted molar refractivity (Wildman–Crippen MR) is 115 cm³/mol. The number of hydrogen-bond donors (Lipinski definition) is 2. The number of ether oxygens (including phenoxy) is 2. The summed E-state index contributed by atoms with van der Waals surface area (Å²) < 4.78 is 11.8. The summed E-state index contributed by atoms with van der Waals surface area (Å²) in [6.45, 7) is 2.69. The number of nitrogens with zero attached hydrogens (tertiary/aromatic N) is 3. The van der Waals surface area contributed by atoms with Crippen molar-refractivity contribution in [3.05, 3.63) is 80.6 Å². The summed E-state index contributed by atoms with van der Waals surface area (Å²) in [5, 5.41) is 3.32. The Morgan fingerprint density at radius 1 is 1.06 bits per heavy atom. The number of hydrogen-bond acceptors (Lipinski definition) is 7. The van der Waals surface area contributed by atoms with Crippen LogP contribution >= 0.6 is 0 Å². The summed E-state index contributed by atoms with van der Waals surface area (Å²) in [5.74, 6) is 1.70. The van der Waals surface area contributed by atoms with Crippen LogP contribution in [0.15, 0.2) is 58.3 Å². The third-order valence-electron chi connectivity index (χ3n) is 5.14. The lowest BCUT2D eigenvalue weighted by Crippen LogP contribution is -2.34. The van der Waals surface area contributed by atoms with Crippen molar-refractivity contribution in [2.45, 2.75) is 19.9 Å². The van der Waals surface area contributed by atoms with Crippen molar-refractivity contribution in [2.24, 2.45) is 0 Å². The number of rotatable bonds is 5. The Morgan fingerprint density at radius 3 is 2.65 bits per heavy atom. The largest absolute Gasteiger partial charge is 0.454 e. The molecule has 1 aliphatic heterocycles. The van der Waals surface area contributed by atoms with Gasteiger partial charge in [0.15, 0.2) is 17.1 Å². The second kappa shape index (κ2) is 7.60. The molecule has 31 heavy (non-hydrogen) atoms. The number of aromatic nitrogens is 4. The summed E-state index contributed by atoms with van der Waals surface area (Å²) in [5.41, 5.74) is 1.73. The summed E-state index contributed by atoms with van der Waals surface area (Å²) in [6.07, 6.45) is 2.29. The second-order valence-electron chi connectivity index (χ2n) is 7.09. The van der Waals surface area contributed by atoms with Gasteiger partial charge in [0.05, 0.1) is 5.69 Å². The van der Waals surface area contributed by atoms with Crippen molar-refractivity contribution >= 4 is 17.0 Å². The molecule has 2 aromatic carbocycles. The Hall–Kier alpha value is -4.14. The van der Waals surface area contributed by atoms with E-state index in [4.69, 9.17) is 9.47 Å². The highest BCUT2D eigenvalue weighted by Crippen LogP contribution is 2.32. The van der Waals surface area contributed by atoms with E-state index in [1.54, 1.807) is 12.1 Å². The third kappa shape index (κ3) is 3.50. The maximum absolute atomic E-state index is 12.9. The quantitative estimate of drug-likeness (QED) is 0.513. The van der Waals surface area contributed by atoms with Crippen LogP contribution < -0.4 is 26.0 Å². The van der Waals surface area contributed by atoms with Gasteiger partial charge in [-0.2, -0.15) is 4.98 Å². The van der Waals surface area contributed by atoms with Gasteiger partial charge in [-0.1, -0.05) is 25.1 Å². The number of anilines is 1. The van der Waals surface area contributed by atoms with Gasteiger partial charge in [-0.3, -0.25) is 9.78 Å². The minimum atomic E-state index is -0.554. The number of H-pyrrole nitrogens is 1. The van der Waals surface area contributed by atoms with Gasteiger partial charge in [0, 0.05) is 12.7 Å². The summed E-state index contributed by atoms with van der Waals surface area (Å²) in [6, 6.07) is 12.9. The molecule has 5 rings (SSSR count). The van der Waals surface area contributed by atoms with Crippen LogP contribution in [-0.2, 0) is 13.0 Å². The fraction of sp³-hybridized carbons (Fsp3) is 0.182. The molecule has 0 aliphatic carbocycles. The van der Waals surface area contributed by atoms with Gasteiger partial charge in [0.2, 0.25) is 12.7 Å². The lowest BCUT2D eigenvalue weighted by atomic mass is 10.1. The molecule has 2 aromatic heterocycles. The van der Waals surface area contributed by atoms with Crippen molar-refractivity contribution in [1.82, 2.24) is 19.5 Å². The van der Waals surface area contributed by atoms with E-state index < -0.39 is 11.2 Å². The van der Waals surface area contributed by atoms with E-state index in [0.29, 0.717) is 29.7 Å². The van der Waals surface area contributed by atoms with Crippen LogP contribution in [0.5, 0.6) is 11.5 Å². The van der Waals surface area contributed by atoms with Crippen molar-refractivity contribution in [3.63, 3.8) is 0 Å². The topological polar surface area (TPSA) is 111 Å². The molecule has 1 aliphatic rings. The first-order valence-electron chi connectivity index (χ1n) is 9.86. The molecule has 0 bridgehead atoms. The average molecular weight is 417 g/mol. The smallest absolute Gasteiger partial charge is 0.334 e. The van der Waals surface area contributed by atoms with E-state index in [1.807, 2.05) is 37.3 Å². The van der Waals surface area contributed by atoms with Crippen LogP contribution in [0.3, 0.4) is 0 Å². The molecular weight excluding hydrogens is 398 g/mol. The molecule has 156 valence electrons. The predicted octanol–water partition coefficient (Wildman–Crippen LogP) is 2.37. The Bertz CT molecular complexity index is 1390. The first kappa shape index (κ1) is 18.9. The molecule has 0 amide bonds. The highest BCUT2D eigenvalue weighted by Gasteiger charge is 2.14. The Kier molecular flexibility index (Phi) is 4.62. The number of benzene rings is 2. The summed E-state index contributed by atoms with van der Waals surface area (Å²) in [4.78, 5) is 36.7. The molecule has 3 heterocycles. The molecule has 9 nitrogen and oxygen atoms in total. The normalized spacial score (nSPS) is 12.3. The zero-order chi connectivity index (χ0) is 21.4. The molecule has 0 atom stereocenters. The van der Waals surface area contributed by atoms with Crippen LogP contribution in [0.4, 0.5) is 5.95 Å². The van der Waals surface area contributed by atoms with Gasteiger partial charge < -0.3 is 14.8 Å². The summed E-state index contributed by atoms with van der Waals surface area (Å²) >= 11 is 0.